The summed E-state index contributed by atoms with van der Waals surface area (Å²) in [4.78, 5) is 12.0. The van der Waals surface area contributed by atoms with Crippen LogP contribution in [-0.4, -0.2) is 23.3 Å². The lowest BCUT2D eigenvalue weighted by molar-refractivity contribution is -0.172. The molecular formula is C16H22O3. The summed E-state index contributed by atoms with van der Waals surface area (Å²) >= 11 is 0. The van der Waals surface area contributed by atoms with E-state index in [1.807, 2.05) is 19.1 Å². The summed E-state index contributed by atoms with van der Waals surface area (Å²) < 4.78 is 5.05. The molecule has 2 unspecified atom stereocenters. The van der Waals surface area contributed by atoms with E-state index in [-0.39, 0.29) is 5.92 Å². The number of aryl methyl sites for hydroxylation is 1. The Hall–Kier alpha value is -1.35. The van der Waals surface area contributed by atoms with E-state index in [0.717, 1.165) is 19.3 Å². The van der Waals surface area contributed by atoms with Gasteiger partial charge < -0.3 is 9.84 Å². The molecule has 0 bridgehead atoms. The zero-order valence-electron chi connectivity index (χ0n) is 11.7. The molecule has 0 aromatic heterocycles. The summed E-state index contributed by atoms with van der Waals surface area (Å²) in [6.45, 7) is 3.92. The van der Waals surface area contributed by atoms with Crippen molar-refractivity contribution in [1.29, 1.82) is 0 Å². The van der Waals surface area contributed by atoms with Gasteiger partial charge in [-0.1, -0.05) is 31.2 Å². The maximum Gasteiger partial charge on any atom is 0.338 e. The summed E-state index contributed by atoms with van der Waals surface area (Å²) in [6, 6.07) is 8.26. The van der Waals surface area contributed by atoms with E-state index < -0.39 is 11.6 Å². The third-order valence-electron chi connectivity index (χ3n) is 4.19. The molecule has 3 heteroatoms. The van der Waals surface area contributed by atoms with Crippen molar-refractivity contribution in [3.8, 4) is 0 Å². The van der Waals surface area contributed by atoms with Gasteiger partial charge in [-0.2, -0.15) is 0 Å². The third kappa shape index (κ3) is 2.66. The van der Waals surface area contributed by atoms with Gasteiger partial charge in [-0.3, -0.25) is 0 Å². The standard InChI is InChI=1S/C16H22O3/c1-3-16(18,15(17)19-4-2)14-10-9-12-7-5-6-8-13(12)11-14/h5-8,14,18H,3-4,9-11H2,1-2H3. The molecule has 0 saturated heterocycles. The van der Waals surface area contributed by atoms with E-state index in [1.165, 1.54) is 11.1 Å². The Bertz CT molecular complexity index is 455. The lowest BCUT2D eigenvalue weighted by Gasteiger charge is -2.36. The molecule has 0 heterocycles. The summed E-state index contributed by atoms with van der Waals surface area (Å²) in [7, 11) is 0. The Morgan fingerprint density at radius 3 is 2.68 bits per heavy atom. The number of hydrogen-bond acceptors (Lipinski definition) is 3. The monoisotopic (exact) mass is 262 g/mol. The molecule has 3 nitrogen and oxygen atoms in total. The van der Waals surface area contributed by atoms with Gasteiger partial charge in [0.15, 0.2) is 5.60 Å². The minimum atomic E-state index is -1.34. The van der Waals surface area contributed by atoms with E-state index in [4.69, 9.17) is 4.74 Å². The van der Waals surface area contributed by atoms with E-state index >= 15 is 0 Å². The molecule has 2 atom stereocenters. The van der Waals surface area contributed by atoms with Gasteiger partial charge in [0.2, 0.25) is 0 Å². The molecule has 19 heavy (non-hydrogen) atoms. The van der Waals surface area contributed by atoms with Crippen molar-refractivity contribution in [2.75, 3.05) is 6.61 Å². The van der Waals surface area contributed by atoms with Crippen LogP contribution in [0.15, 0.2) is 24.3 Å². The number of benzene rings is 1. The molecule has 0 radical (unpaired) electrons. The number of rotatable bonds is 4. The molecule has 1 aliphatic carbocycles. The van der Waals surface area contributed by atoms with Crippen LogP contribution in [0.5, 0.6) is 0 Å². The first-order valence-electron chi connectivity index (χ1n) is 7.08. The molecule has 1 aromatic rings. The van der Waals surface area contributed by atoms with Gasteiger partial charge >= 0.3 is 5.97 Å². The molecule has 1 N–H and O–H groups in total. The lowest BCUT2D eigenvalue weighted by Crippen LogP contribution is -2.48. The predicted molar refractivity (Wildman–Crippen MR) is 73.8 cm³/mol. The average molecular weight is 262 g/mol. The topological polar surface area (TPSA) is 46.5 Å². The highest BCUT2D eigenvalue weighted by Gasteiger charge is 2.44. The fraction of sp³-hybridized carbons (Fsp3) is 0.562. The SMILES string of the molecule is CCOC(=O)C(O)(CC)C1CCc2ccccc2C1. The summed E-state index contributed by atoms with van der Waals surface area (Å²) in [5, 5.41) is 10.7. The minimum absolute atomic E-state index is 0.0496. The van der Waals surface area contributed by atoms with Crippen LogP contribution in [0.25, 0.3) is 0 Å². The minimum Gasteiger partial charge on any atom is -0.464 e. The van der Waals surface area contributed by atoms with Gasteiger partial charge in [0, 0.05) is 5.92 Å². The Kier molecular flexibility index (Phi) is 4.25. The molecule has 0 fully saturated rings. The maximum absolute atomic E-state index is 12.0. The van der Waals surface area contributed by atoms with Crippen LogP contribution >= 0.6 is 0 Å². The summed E-state index contributed by atoms with van der Waals surface area (Å²) in [5.41, 5.74) is 1.24. The number of esters is 1. The Morgan fingerprint density at radius 1 is 1.37 bits per heavy atom. The fourth-order valence-electron chi connectivity index (χ4n) is 2.96. The predicted octanol–water partition coefficient (Wildman–Crippen LogP) is 2.50. The molecule has 0 aliphatic heterocycles. The molecule has 1 aromatic carbocycles. The molecule has 2 rings (SSSR count). The van der Waals surface area contributed by atoms with Gasteiger partial charge in [0.25, 0.3) is 0 Å². The fourth-order valence-corrected chi connectivity index (χ4v) is 2.96. The van der Waals surface area contributed by atoms with Crippen molar-refractivity contribution in [3.63, 3.8) is 0 Å². The highest BCUT2D eigenvalue weighted by Crippen LogP contribution is 2.35. The second-order valence-electron chi connectivity index (χ2n) is 5.21. The van der Waals surface area contributed by atoms with Crippen molar-refractivity contribution in [1.82, 2.24) is 0 Å². The number of carbonyl (C=O) groups excluding carboxylic acids is 1. The van der Waals surface area contributed by atoms with Crippen molar-refractivity contribution >= 4 is 5.97 Å². The number of ether oxygens (including phenoxy) is 1. The zero-order valence-corrected chi connectivity index (χ0v) is 11.7. The Morgan fingerprint density at radius 2 is 2.05 bits per heavy atom. The smallest absolute Gasteiger partial charge is 0.338 e. The van der Waals surface area contributed by atoms with Crippen LogP contribution in [0.4, 0.5) is 0 Å². The Balaban J connectivity index is 2.20. The van der Waals surface area contributed by atoms with Crippen LogP contribution in [-0.2, 0) is 22.4 Å². The average Bonchev–Trinajstić information content (AvgIpc) is 2.46. The number of hydrogen-bond donors (Lipinski definition) is 1. The summed E-state index contributed by atoms with van der Waals surface area (Å²) in [6.07, 6.45) is 2.90. The van der Waals surface area contributed by atoms with Gasteiger partial charge in [0.1, 0.15) is 0 Å². The van der Waals surface area contributed by atoms with E-state index in [9.17, 15) is 9.90 Å². The van der Waals surface area contributed by atoms with Crippen LogP contribution in [0.3, 0.4) is 0 Å². The largest absolute Gasteiger partial charge is 0.464 e. The van der Waals surface area contributed by atoms with E-state index in [2.05, 4.69) is 12.1 Å². The quantitative estimate of drug-likeness (QED) is 0.848. The molecule has 0 saturated carbocycles. The summed E-state index contributed by atoms with van der Waals surface area (Å²) in [5.74, 6) is -0.520. The van der Waals surface area contributed by atoms with E-state index in [0.29, 0.717) is 13.0 Å². The molecule has 104 valence electrons. The first kappa shape index (κ1) is 14.1. The first-order chi connectivity index (χ1) is 9.11. The second kappa shape index (κ2) is 5.74. The normalized spacial score (nSPS) is 21.3. The third-order valence-corrected chi connectivity index (χ3v) is 4.19. The highest BCUT2D eigenvalue weighted by atomic mass is 16.5. The first-order valence-corrected chi connectivity index (χ1v) is 7.08. The maximum atomic E-state index is 12.0. The van der Waals surface area contributed by atoms with Crippen molar-refractivity contribution < 1.29 is 14.6 Å². The Labute approximate surface area is 114 Å². The molecule has 0 amide bonds. The number of carbonyl (C=O) groups is 1. The lowest BCUT2D eigenvalue weighted by atomic mass is 9.73. The van der Waals surface area contributed by atoms with Gasteiger partial charge in [0.05, 0.1) is 6.61 Å². The van der Waals surface area contributed by atoms with Gasteiger partial charge in [-0.25, -0.2) is 4.79 Å². The van der Waals surface area contributed by atoms with Crippen molar-refractivity contribution in [2.24, 2.45) is 5.92 Å². The molecule has 0 spiro atoms. The van der Waals surface area contributed by atoms with Crippen LogP contribution in [0.2, 0.25) is 0 Å². The zero-order chi connectivity index (χ0) is 13.9. The van der Waals surface area contributed by atoms with Crippen LogP contribution < -0.4 is 0 Å². The van der Waals surface area contributed by atoms with Gasteiger partial charge in [-0.15, -0.1) is 0 Å². The van der Waals surface area contributed by atoms with Crippen molar-refractivity contribution in [2.45, 2.75) is 45.1 Å². The molecule has 1 aliphatic rings. The number of fused-ring (bicyclic) bond motifs is 1. The number of aliphatic hydroxyl groups is 1. The van der Waals surface area contributed by atoms with Gasteiger partial charge in [-0.05, 0) is 43.7 Å². The molecular weight excluding hydrogens is 240 g/mol. The second-order valence-corrected chi connectivity index (χ2v) is 5.21. The highest BCUT2D eigenvalue weighted by molar-refractivity contribution is 5.79. The van der Waals surface area contributed by atoms with E-state index in [1.54, 1.807) is 6.92 Å². The van der Waals surface area contributed by atoms with Crippen LogP contribution in [0, 0.1) is 5.92 Å². The van der Waals surface area contributed by atoms with Crippen LogP contribution in [0.1, 0.15) is 37.8 Å². The van der Waals surface area contributed by atoms with Crippen molar-refractivity contribution in [3.05, 3.63) is 35.4 Å².